The molecule has 1 aromatic rings. The van der Waals surface area contributed by atoms with Gasteiger partial charge in [-0.15, -0.1) is 11.3 Å². The number of fused-ring (bicyclic) bond motifs is 1. The largest absolute Gasteiger partial charge is 0.354 e. The molecule has 5 heteroatoms. The van der Waals surface area contributed by atoms with Crippen LogP contribution in [-0.4, -0.2) is 30.4 Å². The maximum atomic E-state index is 11.7. The predicted molar refractivity (Wildman–Crippen MR) is 71.3 cm³/mol. The molecule has 0 aliphatic carbocycles. The lowest BCUT2D eigenvalue weighted by Crippen LogP contribution is -2.41. The van der Waals surface area contributed by atoms with E-state index in [1.165, 1.54) is 10.4 Å². The fourth-order valence-corrected chi connectivity index (χ4v) is 3.24. The number of carbonyl (C=O) groups excluding carboxylic acids is 1. The van der Waals surface area contributed by atoms with Crippen LogP contribution in [0.5, 0.6) is 0 Å². The van der Waals surface area contributed by atoms with Crippen LogP contribution < -0.4 is 5.32 Å². The number of nitrogens with one attached hydrogen (secondary N) is 1. The quantitative estimate of drug-likeness (QED) is 0.841. The molecule has 1 unspecified atom stereocenters. The summed E-state index contributed by atoms with van der Waals surface area (Å²) in [5, 5.41) is 13.3. The predicted octanol–water partition coefficient (Wildman–Crippen LogP) is 1.70. The lowest BCUT2D eigenvalue weighted by molar-refractivity contribution is -0.122. The summed E-state index contributed by atoms with van der Waals surface area (Å²) in [6, 6.07) is 4.48. The van der Waals surface area contributed by atoms with Crippen molar-refractivity contribution in [3.05, 3.63) is 21.9 Å². The van der Waals surface area contributed by atoms with Gasteiger partial charge in [0, 0.05) is 24.0 Å². The van der Waals surface area contributed by atoms with Crippen LogP contribution in [0.25, 0.3) is 0 Å². The van der Waals surface area contributed by atoms with Crippen LogP contribution in [0.3, 0.4) is 0 Å². The van der Waals surface area contributed by atoms with Crippen LogP contribution in [-0.2, 0) is 11.2 Å². The lowest BCUT2D eigenvalue weighted by atomic mass is 10.0. The van der Waals surface area contributed by atoms with E-state index < -0.39 is 0 Å². The molecule has 0 saturated heterocycles. The highest BCUT2D eigenvalue weighted by Crippen LogP contribution is 2.32. The zero-order valence-electron chi connectivity index (χ0n) is 10.5. The number of nitriles is 1. The Morgan fingerprint density at radius 2 is 2.56 bits per heavy atom. The first-order valence-electron chi connectivity index (χ1n) is 6.16. The van der Waals surface area contributed by atoms with Gasteiger partial charge in [-0.1, -0.05) is 0 Å². The molecular weight excluding hydrogens is 246 g/mol. The number of amides is 1. The molecule has 0 saturated carbocycles. The summed E-state index contributed by atoms with van der Waals surface area (Å²) in [5.41, 5.74) is 1.36. The van der Waals surface area contributed by atoms with Gasteiger partial charge in [0.1, 0.15) is 0 Å². The van der Waals surface area contributed by atoms with Crippen LogP contribution in [0.1, 0.15) is 29.8 Å². The van der Waals surface area contributed by atoms with E-state index in [0.717, 1.165) is 13.0 Å². The Morgan fingerprint density at radius 1 is 1.72 bits per heavy atom. The molecular formula is C13H17N3OS. The van der Waals surface area contributed by atoms with Crippen LogP contribution in [0.2, 0.25) is 0 Å². The van der Waals surface area contributed by atoms with Gasteiger partial charge in [0.25, 0.3) is 0 Å². The van der Waals surface area contributed by atoms with Gasteiger partial charge in [0.15, 0.2) is 0 Å². The Balaban J connectivity index is 1.88. The molecule has 4 nitrogen and oxygen atoms in total. The van der Waals surface area contributed by atoms with Gasteiger partial charge in [-0.25, -0.2) is 0 Å². The van der Waals surface area contributed by atoms with Crippen molar-refractivity contribution in [2.75, 3.05) is 19.6 Å². The first-order valence-corrected chi connectivity index (χ1v) is 7.04. The molecule has 2 rings (SSSR count). The van der Waals surface area contributed by atoms with E-state index in [2.05, 4.69) is 28.6 Å². The maximum absolute atomic E-state index is 11.7. The van der Waals surface area contributed by atoms with Gasteiger partial charge in [0.05, 0.1) is 19.0 Å². The van der Waals surface area contributed by atoms with E-state index in [4.69, 9.17) is 5.26 Å². The normalized spacial score (nSPS) is 19.0. The number of thiophene rings is 1. The number of hydrogen-bond donors (Lipinski definition) is 1. The van der Waals surface area contributed by atoms with Gasteiger partial charge in [-0.2, -0.15) is 5.26 Å². The van der Waals surface area contributed by atoms with E-state index in [1.54, 1.807) is 11.3 Å². The van der Waals surface area contributed by atoms with Crippen molar-refractivity contribution in [2.45, 2.75) is 25.8 Å². The minimum absolute atomic E-state index is 0.00998. The van der Waals surface area contributed by atoms with E-state index in [1.807, 2.05) is 6.07 Å². The lowest BCUT2D eigenvalue weighted by Gasteiger charge is -2.32. The van der Waals surface area contributed by atoms with E-state index in [0.29, 0.717) is 25.6 Å². The van der Waals surface area contributed by atoms with Gasteiger partial charge in [0.2, 0.25) is 5.91 Å². The smallest absolute Gasteiger partial charge is 0.234 e. The summed E-state index contributed by atoms with van der Waals surface area (Å²) < 4.78 is 0. The molecule has 1 amide bonds. The third-order valence-electron chi connectivity index (χ3n) is 3.31. The fraction of sp³-hybridized carbons (Fsp3) is 0.538. The van der Waals surface area contributed by atoms with Gasteiger partial charge in [-0.05, 0) is 30.4 Å². The molecule has 0 spiro atoms. The second-order valence-corrected chi connectivity index (χ2v) is 5.45. The second kappa shape index (κ2) is 5.98. The van der Waals surface area contributed by atoms with Crippen molar-refractivity contribution < 1.29 is 4.79 Å². The maximum Gasteiger partial charge on any atom is 0.234 e. The molecule has 0 fully saturated rings. The Labute approximate surface area is 111 Å². The Hall–Kier alpha value is -1.38. The monoisotopic (exact) mass is 263 g/mol. The highest BCUT2D eigenvalue weighted by atomic mass is 32.1. The van der Waals surface area contributed by atoms with Crippen LogP contribution in [0, 0.1) is 11.3 Å². The summed E-state index contributed by atoms with van der Waals surface area (Å²) in [5.74, 6) is 0.00998. The molecule has 1 aromatic heterocycles. The molecule has 18 heavy (non-hydrogen) atoms. The zero-order chi connectivity index (χ0) is 13.0. The van der Waals surface area contributed by atoms with Gasteiger partial charge in [-0.3, -0.25) is 9.69 Å². The minimum atomic E-state index is 0.00998. The SMILES string of the molecule is CC1c2ccsc2CCN1CC(=O)NCCC#N. The Kier molecular flexibility index (Phi) is 4.34. The van der Waals surface area contributed by atoms with E-state index in [-0.39, 0.29) is 5.91 Å². The molecule has 0 radical (unpaired) electrons. The topological polar surface area (TPSA) is 56.1 Å². The summed E-state index contributed by atoms with van der Waals surface area (Å²) in [7, 11) is 0. The molecule has 2 heterocycles. The van der Waals surface area contributed by atoms with Crippen LogP contribution in [0.15, 0.2) is 11.4 Å². The fourth-order valence-electron chi connectivity index (χ4n) is 2.28. The van der Waals surface area contributed by atoms with Gasteiger partial charge < -0.3 is 5.32 Å². The highest BCUT2D eigenvalue weighted by Gasteiger charge is 2.25. The van der Waals surface area contributed by atoms with Crippen molar-refractivity contribution in [1.82, 2.24) is 10.2 Å². The molecule has 1 aliphatic heterocycles. The van der Waals surface area contributed by atoms with E-state index in [9.17, 15) is 4.79 Å². The average Bonchev–Trinajstić information content (AvgIpc) is 2.82. The molecule has 0 bridgehead atoms. The Morgan fingerprint density at radius 3 is 3.33 bits per heavy atom. The number of hydrogen-bond acceptors (Lipinski definition) is 4. The van der Waals surface area contributed by atoms with Crippen molar-refractivity contribution in [2.24, 2.45) is 0 Å². The van der Waals surface area contributed by atoms with E-state index >= 15 is 0 Å². The summed E-state index contributed by atoms with van der Waals surface area (Å²) >= 11 is 1.80. The van der Waals surface area contributed by atoms with Crippen molar-refractivity contribution >= 4 is 17.2 Å². The zero-order valence-corrected chi connectivity index (χ0v) is 11.3. The first-order chi connectivity index (χ1) is 8.72. The number of nitrogens with zero attached hydrogens (tertiary/aromatic N) is 2. The minimum Gasteiger partial charge on any atom is -0.354 e. The average molecular weight is 263 g/mol. The molecule has 1 atom stereocenters. The van der Waals surface area contributed by atoms with Crippen LogP contribution in [0.4, 0.5) is 0 Å². The number of rotatable bonds is 4. The molecule has 0 aromatic carbocycles. The standard InChI is InChI=1S/C13H17N3OS/c1-10-11-4-8-18-12(11)3-7-16(10)9-13(17)15-6-2-5-14/h4,8,10H,2-3,6-7,9H2,1H3,(H,15,17). The van der Waals surface area contributed by atoms with Crippen LogP contribution >= 0.6 is 11.3 Å². The number of carbonyl (C=O) groups is 1. The molecule has 1 N–H and O–H groups in total. The van der Waals surface area contributed by atoms with Crippen molar-refractivity contribution in [1.29, 1.82) is 5.26 Å². The Bertz CT molecular complexity index is 463. The first kappa shape index (κ1) is 13.1. The van der Waals surface area contributed by atoms with Crippen molar-refractivity contribution in [3.8, 4) is 6.07 Å². The third-order valence-corrected chi connectivity index (χ3v) is 4.31. The summed E-state index contributed by atoms with van der Waals surface area (Å²) in [4.78, 5) is 15.4. The van der Waals surface area contributed by atoms with Crippen molar-refractivity contribution in [3.63, 3.8) is 0 Å². The molecule has 96 valence electrons. The summed E-state index contributed by atoms with van der Waals surface area (Å²) in [6.45, 7) is 3.94. The summed E-state index contributed by atoms with van der Waals surface area (Å²) in [6.07, 6.45) is 1.40. The highest BCUT2D eigenvalue weighted by molar-refractivity contribution is 7.10. The second-order valence-electron chi connectivity index (χ2n) is 4.45. The molecule has 1 aliphatic rings. The van der Waals surface area contributed by atoms with Gasteiger partial charge >= 0.3 is 0 Å². The third kappa shape index (κ3) is 2.89.